The summed E-state index contributed by atoms with van der Waals surface area (Å²) >= 11 is 1.46. The van der Waals surface area contributed by atoms with E-state index in [2.05, 4.69) is 4.74 Å². The van der Waals surface area contributed by atoms with Crippen LogP contribution in [0.3, 0.4) is 0 Å². The lowest BCUT2D eigenvalue weighted by Crippen LogP contribution is -2.33. The number of rotatable bonds is 9. The van der Waals surface area contributed by atoms with Gasteiger partial charge < -0.3 is 9.84 Å². The number of nitrogens with zero attached hydrogens (tertiary/aromatic N) is 1. The second kappa shape index (κ2) is 9.73. The molecule has 0 atom stereocenters. The normalized spacial score (nSPS) is 12.3. The molecule has 0 radical (unpaired) electrons. The first-order chi connectivity index (χ1) is 13.5. The molecule has 0 saturated heterocycles. The van der Waals surface area contributed by atoms with Crippen LogP contribution < -0.4 is 4.74 Å². The summed E-state index contributed by atoms with van der Waals surface area (Å²) in [5.41, 5.74) is 0.731. The summed E-state index contributed by atoms with van der Waals surface area (Å²) in [4.78, 5) is 0.814. The van der Waals surface area contributed by atoms with Gasteiger partial charge >= 0.3 is 6.36 Å². The van der Waals surface area contributed by atoms with E-state index in [0.717, 1.165) is 34.7 Å². The average Bonchev–Trinajstić information content (AvgIpc) is 2.63. The van der Waals surface area contributed by atoms with Gasteiger partial charge in [-0.25, -0.2) is 8.42 Å². The predicted octanol–water partition coefficient (Wildman–Crippen LogP) is 4.79. The first kappa shape index (κ1) is 23.4. The molecule has 2 rings (SSSR count). The van der Waals surface area contributed by atoms with Crippen LogP contribution in [0.1, 0.15) is 18.9 Å². The summed E-state index contributed by atoms with van der Waals surface area (Å²) < 4.78 is 67.7. The molecule has 0 aromatic heterocycles. The van der Waals surface area contributed by atoms with Crippen molar-refractivity contribution in [3.05, 3.63) is 48.0 Å². The van der Waals surface area contributed by atoms with Gasteiger partial charge in [-0.05, 0) is 61.4 Å². The molecular weight excluding hydrogens is 427 g/mol. The minimum absolute atomic E-state index is 0.0917. The van der Waals surface area contributed by atoms with Gasteiger partial charge in [0, 0.05) is 23.7 Å². The number of aryl methyl sites for hydroxylation is 1. The molecule has 0 bridgehead atoms. The zero-order chi connectivity index (χ0) is 21.7. The molecule has 0 aliphatic carbocycles. The van der Waals surface area contributed by atoms with Gasteiger partial charge in [0.05, 0.1) is 4.90 Å². The van der Waals surface area contributed by atoms with Crippen molar-refractivity contribution in [3.8, 4) is 11.5 Å². The molecule has 5 nitrogen and oxygen atoms in total. The highest BCUT2D eigenvalue weighted by Gasteiger charge is 2.31. The van der Waals surface area contributed by atoms with Crippen molar-refractivity contribution in [2.45, 2.75) is 36.4 Å². The lowest BCUT2D eigenvalue weighted by Gasteiger charge is -2.21. The zero-order valence-electron chi connectivity index (χ0n) is 15.9. The van der Waals surface area contributed by atoms with Crippen molar-refractivity contribution in [2.24, 2.45) is 0 Å². The summed E-state index contributed by atoms with van der Waals surface area (Å²) in [6, 6.07) is 9.34. The van der Waals surface area contributed by atoms with Crippen LogP contribution in [0, 0.1) is 6.92 Å². The Morgan fingerprint density at radius 1 is 1.10 bits per heavy atom. The van der Waals surface area contributed by atoms with Crippen LogP contribution in [-0.4, -0.2) is 43.0 Å². The quantitative estimate of drug-likeness (QED) is 0.558. The molecule has 29 heavy (non-hydrogen) atoms. The molecular formula is C19H22F3NO4S2. The van der Waals surface area contributed by atoms with Gasteiger partial charge in [0.1, 0.15) is 11.5 Å². The summed E-state index contributed by atoms with van der Waals surface area (Å²) in [6.45, 7) is 4.15. The predicted molar refractivity (Wildman–Crippen MR) is 106 cm³/mol. The first-order valence-electron chi connectivity index (χ1n) is 8.81. The molecule has 2 aromatic rings. The van der Waals surface area contributed by atoms with Gasteiger partial charge in [-0.3, -0.25) is 0 Å². The molecule has 0 spiro atoms. The van der Waals surface area contributed by atoms with E-state index in [9.17, 15) is 26.7 Å². The standard InChI is InChI=1S/C19H22F3NO4S2/c1-3-10-23(11-12-28-16-6-9-18(24)14(2)13-16)29(25,26)17-7-4-15(5-8-17)27-19(20,21)22/h4-9,13,24H,3,10-12H2,1-2H3. The van der Waals surface area contributed by atoms with Crippen molar-refractivity contribution in [1.29, 1.82) is 0 Å². The molecule has 160 valence electrons. The Labute approximate surface area is 172 Å². The summed E-state index contributed by atoms with van der Waals surface area (Å²) in [5, 5.41) is 9.57. The minimum Gasteiger partial charge on any atom is -0.508 e. The van der Waals surface area contributed by atoms with E-state index in [0.29, 0.717) is 12.2 Å². The number of sulfonamides is 1. The molecule has 0 saturated carbocycles. The SMILES string of the molecule is CCCN(CCSc1ccc(O)c(C)c1)S(=O)(=O)c1ccc(OC(F)(F)F)cc1. The highest BCUT2D eigenvalue weighted by molar-refractivity contribution is 7.99. The number of phenols is 1. The monoisotopic (exact) mass is 449 g/mol. The van der Waals surface area contributed by atoms with Crippen LogP contribution >= 0.6 is 11.8 Å². The number of thioether (sulfide) groups is 1. The van der Waals surface area contributed by atoms with E-state index < -0.39 is 22.1 Å². The minimum atomic E-state index is -4.83. The number of phenolic OH excluding ortho intramolecular Hbond substituents is 1. The maximum atomic E-state index is 12.9. The highest BCUT2D eigenvalue weighted by Crippen LogP contribution is 2.27. The third kappa shape index (κ3) is 6.83. The smallest absolute Gasteiger partial charge is 0.508 e. The Balaban J connectivity index is 2.08. The molecule has 0 fully saturated rings. The van der Waals surface area contributed by atoms with Crippen molar-refractivity contribution in [3.63, 3.8) is 0 Å². The van der Waals surface area contributed by atoms with Gasteiger partial charge in [0.2, 0.25) is 10.0 Å². The Morgan fingerprint density at radius 3 is 2.31 bits per heavy atom. The molecule has 1 N–H and O–H groups in total. The maximum Gasteiger partial charge on any atom is 0.573 e. The largest absolute Gasteiger partial charge is 0.573 e. The Bertz CT molecular complexity index is 916. The molecule has 0 aliphatic heterocycles. The van der Waals surface area contributed by atoms with Crippen molar-refractivity contribution >= 4 is 21.8 Å². The number of benzene rings is 2. The third-order valence-corrected chi connectivity index (χ3v) is 6.83. The Morgan fingerprint density at radius 2 is 1.76 bits per heavy atom. The topological polar surface area (TPSA) is 66.8 Å². The molecule has 0 amide bonds. The first-order valence-corrected chi connectivity index (χ1v) is 11.2. The van der Waals surface area contributed by atoms with Crippen molar-refractivity contribution in [1.82, 2.24) is 4.31 Å². The highest BCUT2D eigenvalue weighted by atomic mass is 32.2. The average molecular weight is 450 g/mol. The van der Waals surface area contributed by atoms with Gasteiger partial charge in [-0.2, -0.15) is 4.31 Å². The number of alkyl halides is 3. The molecule has 2 aromatic carbocycles. The number of ether oxygens (including phenoxy) is 1. The second-order valence-corrected chi connectivity index (χ2v) is 9.33. The number of aromatic hydroxyl groups is 1. The van der Waals surface area contributed by atoms with Crippen LogP contribution in [0.4, 0.5) is 13.2 Å². The fourth-order valence-corrected chi connectivity index (χ4v) is 5.17. The molecule has 10 heteroatoms. The third-order valence-electron chi connectivity index (χ3n) is 3.95. The summed E-state index contributed by atoms with van der Waals surface area (Å²) in [7, 11) is -3.85. The van der Waals surface area contributed by atoms with Crippen LogP contribution in [0.2, 0.25) is 0 Å². The number of hydrogen-bond donors (Lipinski definition) is 1. The van der Waals surface area contributed by atoms with E-state index in [4.69, 9.17) is 0 Å². The van der Waals surface area contributed by atoms with E-state index in [1.165, 1.54) is 16.1 Å². The Hall–Kier alpha value is -1.91. The van der Waals surface area contributed by atoms with E-state index in [-0.39, 0.29) is 23.7 Å². The lowest BCUT2D eigenvalue weighted by molar-refractivity contribution is -0.274. The van der Waals surface area contributed by atoms with Gasteiger partial charge in [0.25, 0.3) is 0 Å². The van der Waals surface area contributed by atoms with E-state index in [1.54, 1.807) is 19.1 Å². The van der Waals surface area contributed by atoms with Crippen LogP contribution in [-0.2, 0) is 10.0 Å². The van der Waals surface area contributed by atoms with Crippen LogP contribution in [0.5, 0.6) is 11.5 Å². The van der Waals surface area contributed by atoms with Crippen LogP contribution in [0.15, 0.2) is 52.3 Å². The summed E-state index contributed by atoms with van der Waals surface area (Å²) in [5.74, 6) is 0.206. The number of hydrogen-bond acceptors (Lipinski definition) is 5. The van der Waals surface area contributed by atoms with E-state index >= 15 is 0 Å². The van der Waals surface area contributed by atoms with Crippen molar-refractivity contribution < 1.29 is 31.4 Å². The second-order valence-electron chi connectivity index (χ2n) is 6.22. The fraction of sp³-hybridized carbons (Fsp3) is 0.368. The van der Waals surface area contributed by atoms with Gasteiger partial charge in [-0.1, -0.05) is 6.92 Å². The maximum absolute atomic E-state index is 12.9. The van der Waals surface area contributed by atoms with Gasteiger partial charge in [-0.15, -0.1) is 24.9 Å². The number of halogens is 3. The van der Waals surface area contributed by atoms with Crippen LogP contribution in [0.25, 0.3) is 0 Å². The fourth-order valence-electron chi connectivity index (χ4n) is 2.55. The Kier molecular flexibility index (Phi) is 7.84. The molecule has 0 heterocycles. The molecule has 0 aliphatic rings. The summed E-state index contributed by atoms with van der Waals surface area (Å²) in [6.07, 6.45) is -4.24. The lowest BCUT2D eigenvalue weighted by atomic mass is 10.2. The van der Waals surface area contributed by atoms with E-state index in [1.807, 2.05) is 13.0 Å². The molecule has 0 unspecified atom stereocenters. The van der Waals surface area contributed by atoms with Gasteiger partial charge in [0.15, 0.2) is 0 Å². The van der Waals surface area contributed by atoms with Crippen molar-refractivity contribution in [2.75, 3.05) is 18.8 Å². The zero-order valence-corrected chi connectivity index (χ0v) is 17.6.